The molecule has 0 bridgehead atoms. The molecule has 4 nitrogen and oxygen atoms in total. The van der Waals surface area contributed by atoms with E-state index in [2.05, 4.69) is 0 Å². The quantitative estimate of drug-likeness (QED) is 0.815. The summed E-state index contributed by atoms with van der Waals surface area (Å²) in [6.45, 7) is 3.68. The molecule has 1 aromatic rings. The van der Waals surface area contributed by atoms with Gasteiger partial charge in [0.05, 0.1) is 9.88 Å². The summed E-state index contributed by atoms with van der Waals surface area (Å²) in [5.74, 6) is -0.584. The molecule has 7 heteroatoms. The molecule has 0 aliphatic rings. The minimum atomic E-state index is -3.74. The third-order valence-electron chi connectivity index (χ3n) is 2.56. The highest BCUT2D eigenvalue weighted by Crippen LogP contribution is 2.19. The first-order valence-electron chi connectivity index (χ1n) is 5.81. The molecule has 1 aromatic carbocycles. The zero-order valence-corrected chi connectivity index (χ0v) is 12.5. The minimum absolute atomic E-state index is 0.0656. The van der Waals surface area contributed by atoms with Crippen molar-refractivity contribution in [2.45, 2.75) is 31.2 Å². The second-order valence-electron chi connectivity index (χ2n) is 4.38. The van der Waals surface area contributed by atoms with Gasteiger partial charge in [-0.15, -0.1) is 0 Å². The topological polar surface area (TPSA) is 63.4 Å². The van der Waals surface area contributed by atoms with Crippen LogP contribution in [0.5, 0.6) is 0 Å². The van der Waals surface area contributed by atoms with Crippen molar-refractivity contribution in [1.29, 1.82) is 0 Å². The Bertz CT molecular complexity index is 559. The van der Waals surface area contributed by atoms with Gasteiger partial charge in [-0.3, -0.25) is 0 Å². The zero-order valence-electron chi connectivity index (χ0n) is 10.8. The first-order valence-corrected chi connectivity index (χ1v) is 7.65. The molecular weight excluding hydrogens is 287 g/mol. The van der Waals surface area contributed by atoms with Crippen LogP contribution in [0.15, 0.2) is 29.2 Å². The molecule has 0 atom stereocenters. The number of benzene rings is 1. The van der Waals surface area contributed by atoms with Crippen LogP contribution in [0.3, 0.4) is 0 Å². The second-order valence-corrected chi connectivity index (χ2v) is 6.80. The van der Waals surface area contributed by atoms with E-state index in [0.29, 0.717) is 6.42 Å². The fraction of sp³-hybridized carbons (Fsp3) is 0.417. The van der Waals surface area contributed by atoms with Gasteiger partial charge in [-0.05, 0) is 32.0 Å². The third kappa shape index (κ3) is 4.22. The Morgan fingerprint density at radius 3 is 2.58 bits per heavy atom. The maximum absolute atomic E-state index is 13.2. The molecule has 1 rings (SSSR count). The van der Waals surface area contributed by atoms with Crippen LogP contribution in [-0.4, -0.2) is 30.3 Å². The zero-order chi connectivity index (χ0) is 14.6. The standard InChI is InChI=1S/C12H17FN2O2S2/c1-9(2)15(7-6-12(14)18)19(16,17)11-5-3-4-10(13)8-11/h3-5,8-9H,6-7H2,1-2H3,(H2,14,18). The van der Waals surface area contributed by atoms with Crippen molar-refractivity contribution in [3.63, 3.8) is 0 Å². The van der Waals surface area contributed by atoms with Gasteiger partial charge in [0, 0.05) is 19.0 Å². The smallest absolute Gasteiger partial charge is 0.243 e. The maximum Gasteiger partial charge on any atom is 0.243 e. The number of hydrogen-bond donors (Lipinski definition) is 1. The van der Waals surface area contributed by atoms with E-state index < -0.39 is 15.8 Å². The number of rotatable bonds is 6. The fourth-order valence-corrected chi connectivity index (χ4v) is 3.40. The van der Waals surface area contributed by atoms with Gasteiger partial charge in [0.25, 0.3) is 0 Å². The van der Waals surface area contributed by atoms with Gasteiger partial charge in [0.1, 0.15) is 5.82 Å². The van der Waals surface area contributed by atoms with E-state index in [-0.39, 0.29) is 22.5 Å². The van der Waals surface area contributed by atoms with Gasteiger partial charge in [0.15, 0.2) is 0 Å². The summed E-state index contributed by atoms with van der Waals surface area (Å²) in [6, 6.07) is 4.69. The number of sulfonamides is 1. The largest absolute Gasteiger partial charge is 0.393 e. The molecule has 0 aliphatic carbocycles. The van der Waals surface area contributed by atoms with Gasteiger partial charge in [-0.25, -0.2) is 12.8 Å². The van der Waals surface area contributed by atoms with Crippen LogP contribution in [0.2, 0.25) is 0 Å². The Morgan fingerprint density at radius 2 is 2.11 bits per heavy atom. The van der Waals surface area contributed by atoms with Gasteiger partial charge < -0.3 is 5.73 Å². The fourth-order valence-electron chi connectivity index (χ4n) is 1.64. The van der Waals surface area contributed by atoms with Gasteiger partial charge in [0.2, 0.25) is 10.0 Å². The van der Waals surface area contributed by atoms with Crippen molar-refractivity contribution in [3.05, 3.63) is 30.1 Å². The summed E-state index contributed by atoms with van der Waals surface area (Å²) >= 11 is 4.76. The van der Waals surface area contributed by atoms with Crippen LogP contribution in [0, 0.1) is 5.82 Å². The minimum Gasteiger partial charge on any atom is -0.393 e. The van der Waals surface area contributed by atoms with E-state index in [1.54, 1.807) is 13.8 Å². The number of nitrogens with zero attached hydrogens (tertiary/aromatic N) is 1. The van der Waals surface area contributed by atoms with E-state index in [0.717, 1.165) is 6.07 Å². The molecule has 0 aromatic heterocycles. The Balaban J connectivity index is 3.09. The first kappa shape index (κ1) is 16.0. The van der Waals surface area contributed by atoms with Crippen molar-refractivity contribution in [1.82, 2.24) is 4.31 Å². The average Bonchev–Trinajstić information content (AvgIpc) is 2.27. The van der Waals surface area contributed by atoms with E-state index in [9.17, 15) is 12.8 Å². The van der Waals surface area contributed by atoms with Crippen LogP contribution >= 0.6 is 12.2 Å². The molecule has 0 spiro atoms. The van der Waals surface area contributed by atoms with Gasteiger partial charge in [-0.2, -0.15) is 4.31 Å². The molecule has 0 saturated carbocycles. The van der Waals surface area contributed by atoms with E-state index in [4.69, 9.17) is 18.0 Å². The van der Waals surface area contributed by atoms with Gasteiger partial charge in [-0.1, -0.05) is 18.3 Å². The summed E-state index contributed by atoms with van der Waals surface area (Å²) in [5, 5.41) is 0. The molecule has 19 heavy (non-hydrogen) atoms. The third-order valence-corrected chi connectivity index (χ3v) is 4.83. The van der Waals surface area contributed by atoms with Crippen LogP contribution in [-0.2, 0) is 10.0 Å². The Hall–Kier alpha value is -1.05. The Labute approximate surface area is 118 Å². The molecule has 2 N–H and O–H groups in total. The molecule has 0 unspecified atom stereocenters. The predicted molar refractivity (Wildman–Crippen MR) is 76.8 cm³/mol. The van der Waals surface area contributed by atoms with Crippen LogP contribution in [0.25, 0.3) is 0 Å². The maximum atomic E-state index is 13.2. The molecule has 0 amide bonds. The number of thiocarbonyl (C=S) groups is 1. The normalized spacial score (nSPS) is 12.1. The monoisotopic (exact) mass is 304 g/mol. The Morgan fingerprint density at radius 1 is 1.47 bits per heavy atom. The van der Waals surface area contributed by atoms with E-state index in [1.165, 1.54) is 22.5 Å². The van der Waals surface area contributed by atoms with Gasteiger partial charge >= 0.3 is 0 Å². The summed E-state index contributed by atoms with van der Waals surface area (Å²) in [5.41, 5.74) is 5.40. The Kier molecular flexibility index (Phi) is 5.39. The highest BCUT2D eigenvalue weighted by Gasteiger charge is 2.27. The van der Waals surface area contributed by atoms with E-state index in [1.807, 2.05) is 0 Å². The number of halogens is 1. The lowest BCUT2D eigenvalue weighted by molar-refractivity contribution is 0.362. The lowest BCUT2D eigenvalue weighted by Crippen LogP contribution is -2.38. The summed E-state index contributed by atoms with van der Waals surface area (Å²) in [7, 11) is -3.74. The molecule has 0 fully saturated rings. The molecule has 0 saturated heterocycles. The summed E-state index contributed by atoms with van der Waals surface area (Å²) < 4.78 is 39.2. The molecule has 0 heterocycles. The summed E-state index contributed by atoms with van der Waals surface area (Å²) in [6.07, 6.45) is 0.294. The first-order chi connectivity index (χ1) is 8.75. The second kappa shape index (κ2) is 6.40. The number of nitrogens with two attached hydrogens (primary N) is 1. The molecule has 106 valence electrons. The predicted octanol–water partition coefficient (Wildman–Crippen LogP) is 1.90. The van der Waals surface area contributed by atoms with Crippen molar-refractivity contribution < 1.29 is 12.8 Å². The lowest BCUT2D eigenvalue weighted by Gasteiger charge is -2.25. The van der Waals surface area contributed by atoms with Crippen molar-refractivity contribution in [2.24, 2.45) is 5.73 Å². The SMILES string of the molecule is CC(C)N(CCC(N)=S)S(=O)(=O)c1cccc(F)c1. The van der Waals surface area contributed by atoms with Crippen molar-refractivity contribution in [3.8, 4) is 0 Å². The van der Waals surface area contributed by atoms with Crippen molar-refractivity contribution >= 4 is 27.2 Å². The molecule has 0 aliphatic heterocycles. The van der Waals surface area contributed by atoms with Crippen LogP contribution < -0.4 is 5.73 Å². The molecular formula is C12H17FN2O2S2. The highest BCUT2D eigenvalue weighted by atomic mass is 32.2. The van der Waals surface area contributed by atoms with Crippen LogP contribution in [0.1, 0.15) is 20.3 Å². The lowest BCUT2D eigenvalue weighted by atomic mass is 10.3. The summed E-state index contributed by atoms with van der Waals surface area (Å²) in [4.78, 5) is 0.184. The van der Waals surface area contributed by atoms with Crippen LogP contribution in [0.4, 0.5) is 4.39 Å². The molecule has 0 radical (unpaired) electrons. The number of hydrogen-bond acceptors (Lipinski definition) is 3. The van der Waals surface area contributed by atoms with Crippen molar-refractivity contribution in [2.75, 3.05) is 6.54 Å². The highest BCUT2D eigenvalue weighted by molar-refractivity contribution is 7.89. The van der Waals surface area contributed by atoms with E-state index >= 15 is 0 Å². The average molecular weight is 304 g/mol.